The molecule has 0 amide bonds. The molecule has 0 aromatic heterocycles. The Morgan fingerprint density at radius 3 is 1.59 bits per heavy atom. The van der Waals surface area contributed by atoms with Crippen LogP contribution in [-0.2, 0) is 19.1 Å². The third kappa shape index (κ3) is 6.24. The lowest BCUT2D eigenvalue weighted by Crippen LogP contribution is -2.54. The summed E-state index contributed by atoms with van der Waals surface area (Å²) in [6, 6.07) is 0. The Kier molecular flexibility index (Phi) is 8.20. The van der Waals surface area contributed by atoms with Crippen molar-refractivity contribution < 1.29 is 19.1 Å². The van der Waals surface area contributed by atoms with Crippen LogP contribution in [0.4, 0.5) is 0 Å². The Morgan fingerprint density at radius 2 is 1.11 bits per heavy atom. The van der Waals surface area contributed by atoms with E-state index in [4.69, 9.17) is 9.47 Å². The Labute approximate surface area is 227 Å². The molecule has 4 unspecified atom stereocenters. The lowest BCUT2D eigenvalue weighted by atomic mass is 9.52. The van der Waals surface area contributed by atoms with E-state index in [1.54, 1.807) is 0 Å². The summed E-state index contributed by atoms with van der Waals surface area (Å²) in [7, 11) is 0. The van der Waals surface area contributed by atoms with E-state index in [2.05, 4.69) is 55.4 Å². The van der Waals surface area contributed by atoms with Gasteiger partial charge in [0.05, 0.1) is 10.8 Å². The first-order valence-electron chi connectivity index (χ1n) is 15.6. The molecule has 2 bridgehead atoms. The monoisotopic (exact) mass is 516 g/mol. The molecule has 0 N–H and O–H groups in total. The van der Waals surface area contributed by atoms with Gasteiger partial charge in [0.2, 0.25) is 0 Å². The van der Waals surface area contributed by atoms with E-state index in [1.165, 1.54) is 25.7 Å². The minimum Gasteiger partial charge on any atom is -0.459 e. The van der Waals surface area contributed by atoms with E-state index in [0.29, 0.717) is 30.1 Å². The van der Waals surface area contributed by atoms with Gasteiger partial charge in [-0.2, -0.15) is 0 Å². The number of carbonyl (C=O) groups excluding carboxylic acids is 2. The molecule has 37 heavy (non-hydrogen) atoms. The fraction of sp³-hybridized carbons (Fsp3) is 0.939. The summed E-state index contributed by atoms with van der Waals surface area (Å²) in [6.07, 6.45) is 13.6. The topological polar surface area (TPSA) is 52.6 Å². The number of fused-ring (bicyclic) bond motifs is 2. The van der Waals surface area contributed by atoms with Crippen molar-refractivity contribution in [2.45, 2.75) is 150 Å². The maximum Gasteiger partial charge on any atom is 0.312 e. The fourth-order valence-corrected chi connectivity index (χ4v) is 8.98. The van der Waals surface area contributed by atoms with Crippen molar-refractivity contribution in [2.75, 3.05) is 0 Å². The third-order valence-corrected chi connectivity index (χ3v) is 11.3. The quantitative estimate of drug-likeness (QED) is 0.332. The largest absolute Gasteiger partial charge is 0.459 e. The zero-order chi connectivity index (χ0) is 27.2. The first-order valence-corrected chi connectivity index (χ1v) is 15.6. The molecule has 4 rings (SSSR count). The average molecular weight is 517 g/mol. The van der Waals surface area contributed by atoms with Gasteiger partial charge in [0.1, 0.15) is 11.2 Å². The summed E-state index contributed by atoms with van der Waals surface area (Å²) in [5.41, 5.74) is -2.13. The third-order valence-electron chi connectivity index (χ3n) is 11.3. The molecule has 0 aliphatic heterocycles. The zero-order valence-corrected chi connectivity index (χ0v) is 25.3. The van der Waals surface area contributed by atoms with Gasteiger partial charge in [-0.3, -0.25) is 9.59 Å². The first kappa shape index (κ1) is 28.9. The van der Waals surface area contributed by atoms with Crippen molar-refractivity contribution in [1.82, 2.24) is 0 Å². The van der Waals surface area contributed by atoms with Gasteiger partial charge in [-0.1, -0.05) is 46.5 Å². The molecule has 212 valence electrons. The van der Waals surface area contributed by atoms with Gasteiger partial charge in [-0.05, 0) is 128 Å². The molecule has 4 nitrogen and oxygen atoms in total. The van der Waals surface area contributed by atoms with Gasteiger partial charge >= 0.3 is 11.9 Å². The van der Waals surface area contributed by atoms with Gasteiger partial charge in [0.25, 0.3) is 0 Å². The Hall–Kier alpha value is -1.06. The SMILES string of the molecule is CC1CCC(C(C)(C)OC(=O)C2(C)CC3CC(C)CC(C(=O)OC(C)(C)C4CCC(C)CC4)(C3)C2)CC1. The van der Waals surface area contributed by atoms with Crippen LogP contribution in [0.25, 0.3) is 0 Å². The predicted octanol–water partition coefficient (Wildman–Crippen LogP) is 8.51. The smallest absolute Gasteiger partial charge is 0.312 e. The molecule has 4 heteroatoms. The number of hydrogen-bond acceptors (Lipinski definition) is 4. The van der Waals surface area contributed by atoms with Crippen molar-refractivity contribution >= 4 is 11.9 Å². The van der Waals surface area contributed by atoms with Gasteiger partial charge < -0.3 is 9.47 Å². The van der Waals surface area contributed by atoms with Crippen LogP contribution in [0.5, 0.6) is 0 Å². The minimum atomic E-state index is -0.633. The number of esters is 2. The van der Waals surface area contributed by atoms with E-state index in [0.717, 1.165) is 63.2 Å². The highest BCUT2D eigenvalue weighted by atomic mass is 16.6. The van der Waals surface area contributed by atoms with Crippen molar-refractivity contribution in [3.8, 4) is 0 Å². The fourth-order valence-electron chi connectivity index (χ4n) is 8.98. The van der Waals surface area contributed by atoms with Gasteiger partial charge in [-0.15, -0.1) is 0 Å². The second-order valence-electron chi connectivity index (χ2n) is 15.7. The Morgan fingerprint density at radius 1 is 0.649 bits per heavy atom. The Bertz CT molecular complexity index is 823. The second-order valence-corrected chi connectivity index (χ2v) is 15.7. The highest BCUT2D eigenvalue weighted by Gasteiger charge is 2.59. The normalized spacial score (nSPS) is 41.1. The maximum absolute atomic E-state index is 14.1. The Balaban J connectivity index is 1.49. The first-order chi connectivity index (χ1) is 17.1. The van der Waals surface area contributed by atoms with Crippen LogP contribution in [0, 0.1) is 46.3 Å². The molecule has 4 atom stereocenters. The maximum atomic E-state index is 14.1. The van der Waals surface area contributed by atoms with E-state index < -0.39 is 22.0 Å². The van der Waals surface area contributed by atoms with Crippen molar-refractivity contribution in [1.29, 1.82) is 0 Å². The van der Waals surface area contributed by atoms with Crippen LogP contribution >= 0.6 is 0 Å². The van der Waals surface area contributed by atoms with Crippen molar-refractivity contribution in [2.24, 2.45) is 46.3 Å². The second kappa shape index (κ2) is 10.5. The van der Waals surface area contributed by atoms with E-state index in [1.807, 2.05) is 0 Å². The highest BCUT2D eigenvalue weighted by Crippen LogP contribution is 2.59. The molecule has 0 heterocycles. The molecule has 4 aliphatic rings. The van der Waals surface area contributed by atoms with Gasteiger partial charge in [-0.25, -0.2) is 0 Å². The number of carbonyl (C=O) groups is 2. The number of ether oxygens (including phenoxy) is 2. The average Bonchev–Trinajstić information content (AvgIpc) is 2.78. The standard InChI is InChI=1S/C33H56O4/c1-22-9-13-26(14-10-22)30(4,5)36-28(34)32(8)19-25-17-24(3)18-33(20-25,21-32)29(35)37-31(6,7)27-15-11-23(2)12-16-27/h22-27H,9-21H2,1-8H3. The number of hydrogen-bond donors (Lipinski definition) is 0. The molecule has 0 spiro atoms. The molecule has 0 radical (unpaired) electrons. The summed E-state index contributed by atoms with van der Waals surface area (Å²) >= 11 is 0. The summed E-state index contributed by atoms with van der Waals surface area (Å²) in [5, 5.41) is 0. The van der Waals surface area contributed by atoms with Crippen molar-refractivity contribution in [3.05, 3.63) is 0 Å². The summed E-state index contributed by atoms with van der Waals surface area (Å²) in [4.78, 5) is 28.0. The molecule has 0 aromatic carbocycles. The minimum absolute atomic E-state index is 0.0491. The molecule has 4 saturated carbocycles. The van der Waals surface area contributed by atoms with E-state index in [-0.39, 0.29) is 11.9 Å². The van der Waals surface area contributed by atoms with E-state index in [9.17, 15) is 9.59 Å². The van der Waals surface area contributed by atoms with Crippen LogP contribution in [0.15, 0.2) is 0 Å². The molecule has 0 saturated heterocycles. The summed E-state index contributed by atoms with van der Waals surface area (Å²) in [5.74, 6) is 3.09. The lowest BCUT2D eigenvalue weighted by Gasteiger charge is -2.53. The van der Waals surface area contributed by atoms with Crippen LogP contribution in [0.2, 0.25) is 0 Å². The molecule has 4 fully saturated rings. The van der Waals surface area contributed by atoms with Crippen LogP contribution in [-0.4, -0.2) is 23.1 Å². The molecule has 0 aromatic rings. The molecular formula is C33H56O4. The zero-order valence-electron chi connectivity index (χ0n) is 25.3. The van der Waals surface area contributed by atoms with Crippen LogP contribution < -0.4 is 0 Å². The van der Waals surface area contributed by atoms with Gasteiger partial charge in [0.15, 0.2) is 0 Å². The van der Waals surface area contributed by atoms with Crippen LogP contribution in [0.1, 0.15) is 139 Å². The number of rotatable bonds is 6. The molecule has 4 aliphatic carbocycles. The molecular weight excluding hydrogens is 460 g/mol. The highest BCUT2D eigenvalue weighted by molar-refractivity contribution is 5.82. The summed E-state index contributed by atoms with van der Waals surface area (Å²) in [6.45, 7) is 17.5. The predicted molar refractivity (Wildman–Crippen MR) is 149 cm³/mol. The van der Waals surface area contributed by atoms with Crippen LogP contribution in [0.3, 0.4) is 0 Å². The summed E-state index contributed by atoms with van der Waals surface area (Å²) < 4.78 is 12.9. The van der Waals surface area contributed by atoms with Crippen molar-refractivity contribution in [3.63, 3.8) is 0 Å². The van der Waals surface area contributed by atoms with Gasteiger partial charge in [0, 0.05) is 0 Å². The van der Waals surface area contributed by atoms with E-state index >= 15 is 0 Å². The lowest BCUT2D eigenvalue weighted by molar-refractivity contribution is -0.197.